The van der Waals surface area contributed by atoms with Crippen LogP contribution in [0.3, 0.4) is 0 Å². The Bertz CT molecular complexity index is 728. The zero-order valence-corrected chi connectivity index (χ0v) is 14.1. The summed E-state index contributed by atoms with van der Waals surface area (Å²) in [7, 11) is 0. The van der Waals surface area contributed by atoms with Gasteiger partial charge in [-0.05, 0) is 31.5 Å². The summed E-state index contributed by atoms with van der Waals surface area (Å²) in [5.74, 6) is -1.60. The minimum Gasteiger partial charge on any atom is -0.543 e. The minimum atomic E-state index is -1.60. The van der Waals surface area contributed by atoms with Crippen LogP contribution in [0.5, 0.6) is 0 Å². The Morgan fingerprint density at radius 3 is 2.50 bits per heavy atom. The Labute approximate surface area is 142 Å². The molecule has 0 aliphatic heterocycles. The van der Waals surface area contributed by atoms with E-state index in [0.717, 1.165) is 5.56 Å². The van der Waals surface area contributed by atoms with Crippen LogP contribution in [0.4, 0.5) is 0 Å². The molecule has 0 unspecified atom stereocenters. The molecule has 0 saturated heterocycles. The van der Waals surface area contributed by atoms with Crippen molar-refractivity contribution in [3.05, 3.63) is 56.5 Å². The third-order valence-electron chi connectivity index (χ3n) is 2.70. The first kappa shape index (κ1) is 16.9. The fourth-order valence-electron chi connectivity index (χ4n) is 1.66. The molecule has 0 bridgehead atoms. The third kappa shape index (κ3) is 3.30. The number of carboxylic acids is 1. The van der Waals surface area contributed by atoms with Crippen LogP contribution in [0.1, 0.15) is 21.7 Å². The zero-order chi connectivity index (χ0) is 14.2. The van der Waals surface area contributed by atoms with Crippen molar-refractivity contribution in [2.45, 2.75) is 13.8 Å². The fourth-order valence-corrected chi connectivity index (χ4v) is 1.84. The number of aromatic carboxylic acids is 1. The number of aromatic nitrogens is 2. The molecule has 0 radical (unpaired) electrons. The molecular weight excluding hydrogens is 291 g/mol. The minimum absolute atomic E-state index is 0. The van der Waals surface area contributed by atoms with Gasteiger partial charge in [-0.25, -0.2) is 4.68 Å². The van der Waals surface area contributed by atoms with Gasteiger partial charge in [0.25, 0.3) is 0 Å². The molecule has 7 heteroatoms. The molecule has 20 heavy (non-hydrogen) atoms. The molecule has 1 heterocycles. The molecule has 0 aliphatic rings. The zero-order valence-electron chi connectivity index (χ0n) is 11.3. The number of carbonyl (C=O) groups excluding carboxylic acids is 1. The Morgan fingerprint density at radius 2 is 1.95 bits per heavy atom. The number of halogens is 1. The van der Waals surface area contributed by atoms with Gasteiger partial charge >= 0.3 is 29.6 Å². The average molecular weight is 301 g/mol. The van der Waals surface area contributed by atoms with Gasteiger partial charge in [-0.3, -0.25) is 4.79 Å². The van der Waals surface area contributed by atoms with Crippen molar-refractivity contribution in [1.82, 2.24) is 9.78 Å². The number of carbonyl (C=O) groups is 1. The van der Waals surface area contributed by atoms with Crippen molar-refractivity contribution in [3.63, 3.8) is 0 Å². The molecule has 5 nitrogen and oxygen atoms in total. The van der Waals surface area contributed by atoms with Crippen molar-refractivity contribution >= 4 is 17.6 Å². The largest absolute Gasteiger partial charge is 1.00 e. The van der Waals surface area contributed by atoms with E-state index in [9.17, 15) is 14.7 Å². The summed E-state index contributed by atoms with van der Waals surface area (Å²) >= 11 is 6.02. The van der Waals surface area contributed by atoms with Gasteiger partial charge in [0.1, 0.15) is 0 Å². The van der Waals surface area contributed by atoms with E-state index >= 15 is 0 Å². The summed E-state index contributed by atoms with van der Waals surface area (Å²) in [5.41, 5.74) is 0.684. The number of nitrogens with zero attached hydrogens (tertiary/aromatic N) is 2. The maximum absolute atomic E-state index is 11.5. The molecule has 0 N–H and O–H groups in total. The monoisotopic (exact) mass is 300 g/mol. The maximum Gasteiger partial charge on any atom is 1.00 e. The maximum atomic E-state index is 11.5. The second kappa shape index (κ2) is 6.54. The van der Waals surface area contributed by atoms with Crippen molar-refractivity contribution in [2.75, 3.05) is 0 Å². The molecule has 2 aromatic rings. The molecule has 0 amide bonds. The SMILES string of the molecule is Cc1ccc(-n2nc(C(=O)[O-])c(=O)cc2C)cc1Cl.[Na+]. The van der Waals surface area contributed by atoms with E-state index in [1.807, 2.05) is 6.92 Å². The fraction of sp³-hybridized carbons (Fsp3) is 0.154. The van der Waals surface area contributed by atoms with Crippen LogP contribution in [-0.4, -0.2) is 15.7 Å². The Morgan fingerprint density at radius 1 is 1.30 bits per heavy atom. The number of carboxylic acid groups (broad SMARTS) is 1. The van der Waals surface area contributed by atoms with Gasteiger partial charge in [-0.15, -0.1) is 0 Å². The molecule has 0 fully saturated rings. The van der Waals surface area contributed by atoms with E-state index in [2.05, 4.69) is 5.10 Å². The molecule has 0 saturated carbocycles. The van der Waals surface area contributed by atoms with Crippen LogP contribution in [-0.2, 0) is 0 Å². The van der Waals surface area contributed by atoms with Gasteiger partial charge in [0.2, 0.25) is 5.43 Å². The standard InChI is InChI=1S/C13H11ClN2O3.Na/c1-7-3-4-9(6-10(7)14)16-8(2)5-11(17)12(15-16)13(18)19;/h3-6H,1-2H3,(H,18,19);/q;+1/p-1. The third-order valence-corrected chi connectivity index (χ3v) is 3.11. The Kier molecular flexibility index (Phi) is 5.53. The molecule has 1 aromatic heterocycles. The van der Waals surface area contributed by atoms with Gasteiger partial charge < -0.3 is 9.90 Å². The quantitative estimate of drug-likeness (QED) is 0.594. The second-order valence-electron chi connectivity index (χ2n) is 4.13. The first-order valence-electron chi connectivity index (χ1n) is 5.49. The number of hydrogen-bond acceptors (Lipinski definition) is 4. The van der Waals surface area contributed by atoms with Crippen LogP contribution >= 0.6 is 11.6 Å². The van der Waals surface area contributed by atoms with Gasteiger partial charge in [0, 0.05) is 16.8 Å². The molecule has 1 aromatic carbocycles. The van der Waals surface area contributed by atoms with E-state index in [1.54, 1.807) is 25.1 Å². The first-order valence-corrected chi connectivity index (χ1v) is 5.87. The molecule has 0 spiro atoms. The van der Waals surface area contributed by atoms with Crippen molar-refractivity contribution in [3.8, 4) is 5.69 Å². The van der Waals surface area contributed by atoms with Gasteiger partial charge in [-0.1, -0.05) is 17.7 Å². The summed E-state index contributed by atoms with van der Waals surface area (Å²) in [5, 5.41) is 15.2. The van der Waals surface area contributed by atoms with E-state index in [1.165, 1.54) is 10.7 Å². The molecule has 0 atom stereocenters. The topological polar surface area (TPSA) is 75.0 Å². The van der Waals surface area contributed by atoms with Crippen molar-refractivity contribution in [1.29, 1.82) is 0 Å². The van der Waals surface area contributed by atoms with Crippen molar-refractivity contribution < 1.29 is 39.5 Å². The molecule has 98 valence electrons. The van der Waals surface area contributed by atoms with Crippen LogP contribution < -0.4 is 40.1 Å². The van der Waals surface area contributed by atoms with E-state index in [4.69, 9.17) is 11.6 Å². The Hall–Kier alpha value is -1.14. The Balaban J connectivity index is 0.00000200. The van der Waals surface area contributed by atoms with Gasteiger partial charge in [0.05, 0.1) is 11.7 Å². The number of aryl methyl sites for hydroxylation is 2. The van der Waals surface area contributed by atoms with Crippen LogP contribution in [0, 0.1) is 13.8 Å². The number of benzene rings is 1. The summed E-state index contributed by atoms with van der Waals surface area (Å²) in [6.07, 6.45) is 0. The van der Waals surface area contributed by atoms with Crippen LogP contribution in [0.15, 0.2) is 29.1 Å². The van der Waals surface area contributed by atoms with Crippen LogP contribution in [0.2, 0.25) is 5.02 Å². The predicted octanol–water partition coefficient (Wildman–Crippen LogP) is -2.13. The summed E-state index contributed by atoms with van der Waals surface area (Å²) in [6, 6.07) is 6.38. The van der Waals surface area contributed by atoms with Gasteiger partial charge in [-0.2, -0.15) is 5.10 Å². The summed E-state index contributed by atoms with van der Waals surface area (Å²) < 4.78 is 1.35. The first-order chi connectivity index (χ1) is 8.90. The predicted molar refractivity (Wildman–Crippen MR) is 68.6 cm³/mol. The summed E-state index contributed by atoms with van der Waals surface area (Å²) in [4.78, 5) is 22.3. The van der Waals surface area contributed by atoms with Crippen molar-refractivity contribution in [2.24, 2.45) is 0 Å². The smallest absolute Gasteiger partial charge is 0.543 e. The number of rotatable bonds is 2. The molecule has 0 aliphatic carbocycles. The average Bonchev–Trinajstić information content (AvgIpc) is 2.32. The molecule has 2 rings (SSSR count). The summed E-state index contributed by atoms with van der Waals surface area (Å²) in [6.45, 7) is 3.51. The second-order valence-corrected chi connectivity index (χ2v) is 4.54. The van der Waals surface area contributed by atoms with E-state index in [-0.39, 0.29) is 29.6 Å². The normalized spacial score (nSPS) is 9.95. The van der Waals surface area contributed by atoms with Crippen LogP contribution in [0.25, 0.3) is 5.69 Å². The van der Waals surface area contributed by atoms with E-state index < -0.39 is 17.1 Å². The van der Waals surface area contributed by atoms with Gasteiger partial charge in [0.15, 0.2) is 5.69 Å². The van der Waals surface area contributed by atoms with E-state index in [0.29, 0.717) is 16.4 Å². The number of hydrogen-bond donors (Lipinski definition) is 0. The molecular formula is C13H10ClN2NaO3.